The van der Waals surface area contributed by atoms with Crippen LogP contribution in [-0.4, -0.2) is 28.0 Å². The summed E-state index contributed by atoms with van der Waals surface area (Å²) in [6.45, 7) is 0. The third-order valence-corrected chi connectivity index (χ3v) is 4.42. The summed E-state index contributed by atoms with van der Waals surface area (Å²) in [5, 5.41) is 13.3. The van der Waals surface area contributed by atoms with Gasteiger partial charge in [-0.05, 0) is 42.3 Å². The molecular formula is C20H17ClN2O4. The van der Waals surface area contributed by atoms with Crippen LogP contribution in [0.4, 0.5) is 0 Å². The largest absolute Gasteiger partial charge is 0.481 e. The Balaban J connectivity index is 1.87. The Morgan fingerprint density at radius 2 is 1.81 bits per heavy atom. The maximum Gasteiger partial charge on any atom is 0.305 e. The highest BCUT2D eigenvalue weighted by Crippen LogP contribution is 2.17. The lowest BCUT2D eigenvalue weighted by molar-refractivity contribution is -0.137. The Bertz CT molecular complexity index is 1040. The molecule has 0 fully saturated rings. The Labute approximate surface area is 159 Å². The number of pyridine rings is 1. The van der Waals surface area contributed by atoms with E-state index in [0.717, 1.165) is 5.39 Å². The van der Waals surface area contributed by atoms with Crippen LogP contribution in [0.25, 0.3) is 10.9 Å². The predicted octanol–water partition coefficient (Wildman–Crippen LogP) is 3.00. The lowest BCUT2D eigenvalue weighted by Gasteiger charge is -2.18. The van der Waals surface area contributed by atoms with Crippen molar-refractivity contribution in [3.8, 4) is 0 Å². The van der Waals surface area contributed by atoms with Gasteiger partial charge < -0.3 is 15.4 Å². The second kappa shape index (κ2) is 8.05. The van der Waals surface area contributed by atoms with Crippen molar-refractivity contribution in [1.82, 2.24) is 10.3 Å². The van der Waals surface area contributed by atoms with Gasteiger partial charge in [-0.15, -0.1) is 0 Å². The molecular weight excluding hydrogens is 368 g/mol. The van der Waals surface area contributed by atoms with Crippen LogP contribution in [0.1, 0.15) is 22.3 Å². The van der Waals surface area contributed by atoms with Crippen molar-refractivity contribution in [3.63, 3.8) is 0 Å². The molecule has 3 rings (SSSR count). The fraction of sp³-hybridized carbons (Fsp3) is 0.150. The van der Waals surface area contributed by atoms with Gasteiger partial charge in [0.15, 0.2) is 0 Å². The number of halogens is 1. The zero-order chi connectivity index (χ0) is 19.4. The summed E-state index contributed by atoms with van der Waals surface area (Å²) in [4.78, 5) is 38.4. The highest BCUT2D eigenvalue weighted by molar-refractivity contribution is 6.30. The molecule has 1 atom stereocenters. The summed E-state index contributed by atoms with van der Waals surface area (Å²) in [5.41, 5.74) is 1.45. The monoisotopic (exact) mass is 384 g/mol. The molecule has 1 unspecified atom stereocenters. The van der Waals surface area contributed by atoms with Crippen LogP contribution in [0.3, 0.4) is 0 Å². The molecule has 0 saturated carbocycles. The molecule has 7 heteroatoms. The number of hydrogen-bond donors (Lipinski definition) is 3. The van der Waals surface area contributed by atoms with Gasteiger partial charge in [0, 0.05) is 33.6 Å². The average Bonchev–Trinajstić information content (AvgIpc) is 2.61. The van der Waals surface area contributed by atoms with E-state index in [-0.39, 0.29) is 18.4 Å². The van der Waals surface area contributed by atoms with Crippen molar-refractivity contribution >= 4 is 34.4 Å². The molecule has 1 heterocycles. The van der Waals surface area contributed by atoms with E-state index < -0.39 is 17.9 Å². The predicted molar refractivity (Wildman–Crippen MR) is 103 cm³/mol. The number of nitrogens with one attached hydrogen (secondary N) is 2. The first kappa shape index (κ1) is 18.7. The van der Waals surface area contributed by atoms with Gasteiger partial charge in [0.25, 0.3) is 5.91 Å². The number of carbonyl (C=O) groups excluding carboxylic acids is 1. The average molecular weight is 385 g/mol. The van der Waals surface area contributed by atoms with Crippen LogP contribution in [-0.2, 0) is 11.2 Å². The smallest absolute Gasteiger partial charge is 0.305 e. The molecule has 1 aromatic heterocycles. The topological polar surface area (TPSA) is 99.3 Å². The van der Waals surface area contributed by atoms with Crippen molar-refractivity contribution < 1.29 is 14.7 Å². The van der Waals surface area contributed by atoms with Gasteiger partial charge in [-0.2, -0.15) is 0 Å². The van der Waals surface area contributed by atoms with Crippen molar-refractivity contribution in [2.24, 2.45) is 0 Å². The minimum Gasteiger partial charge on any atom is -0.481 e. The van der Waals surface area contributed by atoms with E-state index in [4.69, 9.17) is 11.6 Å². The number of hydrogen-bond acceptors (Lipinski definition) is 3. The fourth-order valence-electron chi connectivity index (χ4n) is 2.97. The van der Waals surface area contributed by atoms with Crippen molar-refractivity contribution in [2.45, 2.75) is 18.9 Å². The van der Waals surface area contributed by atoms with Crippen LogP contribution in [0.2, 0.25) is 5.02 Å². The van der Waals surface area contributed by atoms with E-state index in [1.165, 1.54) is 6.07 Å². The van der Waals surface area contributed by atoms with E-state index in [1.807, 2.05) is 12.1 Å². The number of fused-ring (bicyclic) bond motifs is 1. The molecule has 0 aliphatic rings. The molecule has 0 radical (unpaired) electrons. The maximum absolute atomic E-state index is 12.5. The minimum atomic E-state index is -1.04. The van der Waals surface area contributed by atoms with Gasteiger partial charge >= 0.3 is 5.97 Å². The number of para-hydroxylation sites is 1. The van der Waals surface area contributed by atoms with E-state index >= 15 is 0 Å². The van der Waals surface area contributed by atoms with Gasteiger partial charge in [-0.3, -0.25) is 14.4 Å². The van der Waals surface area contributed by atoms with Crippen molar-refractivity contribution in [3.05, 3.63) is 81.1 Å². The van der Waals surface area contributed by atoms with Gasteiger partial charge in [-0.25, -0.2) is 0 Å². The highest BCUT2D eigenvalue weighted by atomic mass is 35.5. The minimum absolute atomic E-state index is 0.218. The molecule has 27 heavy (non-hydrogen) atoms. The molecule has 3 aromatic rings. The van der Waals surface area contributed by atoms with Crippen LogP contribution in [0.15, 0.2) is 59.4 Å². The summed E-state index contributed by atoms with van der Waals surface area (Å²) in [7, 11) is 0. The molecule has 1 amide bonds. The SMILES string of the molecule is O=C(O)CC(Cc1cc(=O)[nH]c2ccccc12)NC(=O)c1ccc(Cl)cc1. The number of amides is 1. The maximum atomic E-state index is 12.5. The van der Waals surface area contributed by atoms with Crippen LogP contribution >= 0.6 is 11.6 Å². The van der Waals surface area contributed by atoms with Crippen LogP contribution in [0.5, 0.6) is 0 Å². The standard InChI is InChI=1S/C20H17ClN2O4/c21-14-7-5-12(6-8-14)20(27)22-15(11-19(25)26)9-13-10-18(24)23-17-4-2-1-3-16(13)17/h1-8,10,15H,9,11H2,(H,22,27)(H,23,24)(H,25,26). The van der Waals surface area contributed by atoms with E-state index in [9.17, 15) is 19.5 Å². The fourth-order valence-corrected chi connectivity index (χ4v) is 3.09. The second-order valence-corrected chi connectivity index (χ2v) is 6.62. The lowest BCUT2D eigenvalue weighted by Crippen LogP contribution is -2.38. The summed E-state index contributed by atoms with van der Waals surface area (Å²) >= 11 is 5.83. The number of H-pyrrole nitrogens is 1. The molecule has 2 aromatic carbocycles. The normalized spacial score (nSPS) is 11.9. The first-order chi connectivity index (χ1) is 12.9. The first-order valence-corrected chi connectivity index (χ1v) is 8.69. The number of carbonyl (C=O) groups is 2. The number of carboxylic acids is 1. The molecule has 3 N–H and O–H groups in total. The Morgan fingerprint density at radius 3 is 2.52 bits per heavy atom. The number of benzene rings is 2. The first-order valence-electron chi connectivity index (χ1n) is 8.31. The summed E-state index contributed by atoms with van der Waals surface area (Å²) < 4.78 is 0. The van der Waals surface area contributed by atoms with Gasteiger partial charge in [0.2, 0.25) is 5.56 Å². The van der Waals surface area contributed by atoms with E-state index in [2.05, 4.69) is 10.3 Å². The number of carboxylic acid groups (broad SMARTS) is 1. The Hall–Kier alpha value is -3.12. The zero-order valence-electron chi connectivity index (χ0n) is 14.2. The van der Waals surface area contributed by atoms with E-state index in [0.29, 0.717) is 21.7 Å². The van der Waals surface area contributed by atoms with Gasteiger partial charge in [0.05, 0.1) is 6.42 Å². The molecule has 0 spiro atoms. The number of aliphatic carboxylic acids is 1. The van der Waals surface area contributed by atoms with Crippen LogP contribution in [0, 0.1) is 0 Å². The lowest BCUT2D eigenvalue weighted by atomic mass is 9.99. The van der Waals surface area contributed by atoms with Crippen molar-refractivity contribution in [1.29, 1.82) is 0 Å². The van der Waals surface area contributed by atoms with Crippen molar-refractivity contribution in [2.75, 3.05) is 0 Å². The van der Waals surface area contributed by atoms with Gasteiger partial charge in [-0.1, -0.05) is 29.8 Å². The van der Waals surface area contributed by atoms with E-state index in [1.54, 1.807) is 36.4 Å². The summed E-state index contributed by atoms with van der Waals surface area (Å²) in [6.07, 6.45) is -0.0451. The molecule has 0 saturated heterocycles. The summed E-state index contributed by atoms with van der Waals surface area (Å²) in [6, 6.07) is 14.3. The molecule has 0 bridgehead atoms. The second-order valence-electron chi connectivity index (χ2n) is 6.18. The third-order valence-electron chi connectivity index (χ3n) is 4.17. The van der Waals surface area contributed by atoms with Gasteiger partial charge in [0.1, 0.15) is 0 Å². The molecule has 138 valence electrons. The Kier molecular flexibility index (Phi) is 5.57. The number of rotatable bonds is 6. The number of aromatic nitrogens is 1. The zero-order valence-corrected chi connectivity index (χ0v) is 15.0. The summed E-state index contributed by atoms with van der Waals surface area (Å²) in [5.74, 6) is -1.43. The number of aromatic amines is 1. The Morgan fingerprint density at radius 1 is 1.11 bits per heavy atom. The molecule has 0 aliphatic carbocycles. The molecule has 6 nitrogen and oxygen atoms in total. The molecule has 0 aliphatic heterocycles. The quantitative estimate of drug-likeness (QED) is 0.608. The third kappa shape index (κ3) is 4.74. The van der Waals surface area contributed by atoms with Crippen LogP contribution < -0.4 is 10.9 Å². The highest BCUT2D eigenvalue weighted by Gasteiger charge is 2.19.